The first kappa shape index (κ1) is 18.3. The molecule has 0 amide bonds. The molecule has 0 bridgehead atoms. The molecule has 3 aromatic rings. The van der Waals surface area contributed by atoms with Gasteiger partial charge in [-0.05, 0) is 17.7 Å². The minimum atomic E-state index is -0.947. The van der Waals surface area contributed by atoms with Crippen molar-refractivity contribution in [3.8, 4) is 0 Å². The topological polar surface area (TPSA) is 60.4 Å². The molecule has 134 valence electrons. The van der Waals surface area contributed by atoms with Crippen LogP contribution in [0.15, 0.2) is 84.9 Å². The average molecular weight is 358 g/mol. The Morgan fingerprint density at radius 3 is 1.59 bits per heavy atom. The van der Waals surface area contributed by atoms with Gasteiger partial charge in [-0.25, -0.2) is 4.79 Å². The molecule has 0 heterocycles. The molecule has 0 aliphatic heterocycles. The number of ether oxygens (including phenoxy) is 1. The molecule has 1 atom stereocenters. The summed E-state index contributed by atoms with van der Waals surface area (Å²) in [7, 11) is 1.30. The molecule has 0 saturated carbocycles. The molecule has 0 aliphatic carbocycles. The van der Waals surface area contributed by atoms with Gasteiger partial charge in [0.25, 0.3) is 0 Å². The van der Waals surface area contributed by atoms with Gasteiger partial charge in [-0.1, -0.05) is 72.8 Å². The van der Waals surface area contributed by atoms with Gasteiger partial charge in [0, 0.05) is 11.1 Å². The Morgan fingerprint density at radius 2 is 1.07 bits per heavy atom. The van der Waals surface area contributed by atoms with Crippen molar-refractivity contribution in [3.63, 3.8) is 0 Å². The molecule has 3 aromatic carbocycles. The van der Waals surface area contributed by atoms with Crippen molar-refractivity contribution in [1.29, 1.82) is 0 Å². The Balaban J connectivity index is 1.99. The molecule has 0 aliphatic rings. The molecule has 0 N–H and O–H groups in total. The molecular formula is C23H18O4. The second-order valence-electron chi connectivity index (χ2n) is 6.01. The van der Waals surface area contributed by atoms with Gasteiger partial charge in [0.15, 0.2) is 11.6 Å². The van der Waals surface area contributed by atoms with Gasteiger partial charge in [-0.3, -0.25) is 9.59 Å². The second-order valence-corrected chi connectivity index (χ2v) is 6.01. The number of hydrogen-bond acceptors (Lipinski definition) is 4. The highest BCUT2D eigenvalue weighted by molar-refractivity contribution is 6.20. The highest BCUT2D eigenvalue weighted by atomic mass is 16.5. The van der Waals surface area contributed by atoms with Crippen LogP contribution in [0, 0.1) is 0 Å². The van der Waals surface area contributed by atoms with E-state index >= 15 is 0 Å². The van der Waals surface area contributed by atoms with Crippen molar-refractivity contribution in [1.82, 2.24) is 0 Å². The number of hydrogen-bond donors (Lipinski definition) is 0. The van der Waals surface area contributed by atoms with Gasteiger partial charge in [0.2, 0.25) is 0 Å². The smallest absolute Gasteiger partial charge is 0.337 e. The standard InChI is InChI=1S/C23H18O4/c1-27-23(26)19-14-12-18(13-15-19)22(25)20(16-8-4-2-5-9-16)21(24)17-10-6-3-7-11-17/h2-15,20H,1H3. The summed E-state index contributed by atoms with van der Waals surface area (Å²) >= 11 is 0. The summed E-state index contributed by atoms with van der Waals surface area (Å²) in [5.74, 6) is -2.00. The Hall–Kier alpha value is -3.53. The SMILES string of the molecule is COC(=O)c1ccc(C(=O)C(C(=O)c2ccccc2)c2ccccc2)cc1. The highest BCUT2D eigenvalue weighted by Gasteiger charge is 2.30. The van der Waals surface area contributed by atoms with E-state index in [-0.39, 0.29) is 11.6 Å². The third-order valence-corrected chi connectivity index (χ3v) is 4.31. The van der Waals surface area contributed by atoms with Crippen LogP contribution in [0.2, 0.25) is 0 Å². The Morgan fingerprint density at radius 1 is 0.630 bits per heavy atom. The fourth-order valence-electron chi connectivity index (χ4n) is 2.89. The number of carbonyl (C=O) groups is 3. The van der Waals surface area contributed by atoms with Gasteiger partial charge < -0.3 is 4.74 Å². The predicted molar refractivity (Wildman–Crippen MR) is 102 cm³/mol. The van der Waals surface area contributed by atoms with E-state index < -0.39 is 11.9 Å². The van der Waals surface area contributed by atoms with E-state index in [1.807, 2.05) is 12.1 Å². The molecule has 4 heteroatoms. The molecule has 27 heavy (non-hydrogen) atoms. The van der Waals surface area contributed by atoms with Crippen LogP contribution in [-0.4, -0.2) is 24.6 Å². The van der Waals surface area contributed by atoms with Crippen molar-refractivity contribution < 1.29 is 19.1 Å². The molecule has 3 rings (SSSR count). The van der Waals surface area contributed by atoms with Crippen LogP contribution in [0.5, 0.6) is 0 Å². The van der Waals surface area contributed by atoms with E-state index in [0.29, 0.717) is 22.3 Å². The van der Waals surface area contributed by atoms with E-state index in [1.54, 1.807) is 60.7 Å². The van der Waals surface area contributed by atoms with E-state index in [1.165, 1.54) is 19.2 Å². The third-order valence-electron chi connectivity index (χ3n) is 4.31. The number of carbonyl (C=O) groups excluding carboxylic acids is 3. The van der Waals surface area contributed by atoms with Gasteiger partial charge >= 0.3 is 5.97 Å². The maximum atomic E-state index is 13.2. The monoisotopic (exact) mass is 358 g/mol. The largest absolute Gasteiger partial charge is 0.465 e. The molecule has 1 unspecified atom stereocenters. The summed E-state index contributed by atoms with van der Waals surface area (Å²) in [6, 6.07) is 23.9. The fraction of sp³-hybridized carbons (Fsp3) is 0.0870. The quantitative estimate of drug-likeness (QED) is 0.374. The minimum absolute atomic E-state index is 0.260. The maximum Gasteiger partial charge on any atom is 0.337 e. The van der Waals surface area contributed by atoms with Crippen molar-refractivity contribution in [2.45, 2.75) is 5.92 Å². The number of methoxy groups -OCH3 is 1. The third kappa shape index (κ3) is 4.01. The summed E-state index contributed by atoms with van der Waals surface area (Å²) in [6.07, 6.45) is 0. The Kier molecular flexibility index (Phi) is 5.57. The zero-order valence-electron chi connectivity index (χ0n) is 14.8. The highest BCUT2D eigenvalue weighted by Crippen LogP contribution is 2.26. The zero-order chi connectivity index (χ0) is 19.2. The van der Waals surface area contributed by atoms with Crippen molar-refractivity contribution >= 4 is 17.5 Å². The molecule has 0 fully saturated rings. The second kappa shape index (κ2) is 8.23. The summed E-state index contributed by atoms with van der Waals surface area (Å²) in [4.78, 5) is 37.8. The molecule has 0 radical (unpaired) electrons. The minimum Gasteiger partial charge on any atom is -0.465 e. The van der Waals surface area contributed by atoms with Gasteiger partial charge in [0.1, 0.15) is 5.92 Å². The first-order chi connectivity index (χ1) is 13.1. The Labute approximate surface area is 157 Å². The van der Waals surface area contributed by atoms with Crippen molar-refractivity contribution in [2.24, 2.45) is 0 Å². The van der Waals surface area contributed by atoms with Crippen LogP contribution in [0.1, 0.15) is 42.6 Å². The van der Waals surface area contributed by atoms with Crippen molar-refractivity contribution in [2.75, 3.05) is 7.11 Å². The molecule has 0 aromatic heterocycles. The van der Waals surface area contributed by atoms with Crippen LogP contribution >= 0.6 is 0 Å². The van der Waals surface area contributed by atoms with Crippen LogP contribution in [0.25, 0.3) is 0 Å². The normalized spacial score (nSPS) is 11.4. The van der Waals surface area contributed by atoms with Gasteiger partial charge in [0.05, 0.1) is 12.7 Å². The van der Waals surface area contributed by atoms with E-state index in [2.05, 4.69) is 4.74 Å². The fourth-order valence-corrected chi connectivity index (χ4v) is 2.89. The Bertz CT molecular complexity index is 945. The summed E-state index contributed by atoms with van der Waals surface area (Å²) in [5, 5.41) is 0. The van der Waals surface area contributed by atoms with Crippen LogP contribution in [-0.2, 0) is 4.74 Å². The average Bonchev–Trinajstić information content (AvgIpc) is 2.74. The molecule has 0 saturated heterocycles. The zero-order valence-corrected chi connectivity index (χ0v) is 14.8. The van der Waals surface area contributed by atoms with E-state index in [4.69, 9.17) is 0 Å². The number of esters is 1. The lowest BCUT2D eigenvalue weighted by molar-refractivity contribution is 0.0600. The predicted octanol–water partition coefficient (Wildman–Crippen LogP) is 4.32. The van der Waals surface area contributed by atoms with Crippen LogP contribution in [0.3, 0.4) is 0 Å². The van der Waals surface area contributed by atoms with Crippen molar-refractivity contribution in [3.05, 3.63) is 107 Å². The summed E-state index contributed by atoms with van der Waals surface area (Å²) in [5.41, 5.74) is 1.82. The molecular weight excluding hydrogens is 340 g/mol. The maximum absolute atomic E-state index is 13.2. The van der Waals surface area contributed by atoms with Gasteiger partial charge in [-0.15, -0.1) is 0 Å². The van der Waals surface area contributed by atoms with Crippen LogP contribution < -0.4 is 0 Å². The van der Waals surface area contributed by atoms with E-state index in [9.17, 15) is 14.4 Å². The number of rotatable bonds is 6. The van der Waals surface area contributed by atoms with E-state index in [0.717, 1.165) is 0 Å². The lowest BCUT2D eigenvalue weighted by atomic mass is 9.84. The lowest BCUT2D eigenvalue weighted by Crippen LogP contribution is -2.22. The summed E-state index contributed by atoms with van der Waals surface area (Å²) < 4.78 is 4.67. The first-order valence-corrected chi connectivity index (χ1v) is 8.48. The lowest BCUT2D eigenvalue weighted by Gasteiger charge is -2.16. The molecule has 4 nitrogen and oxygen atoms in total. The molecule has 0 spiro atoms. The number of benzene rings is 3. The first-order valence-electron chi connectivity index (χ1n) is 8.48. The van der Waals surface area contributed by atoms with Crippen LogP contribution in [0.4, 0.5) is 0 Å². The number of Topliss-reactive ketones (excluding diaryl/α,β-unsaturated/α-hetero) is 2. The summed E-state index contributed by atoms with van der Waals surface area (Å²) in [6.45, 7) is 0. The number of ketones is 2. The van der Waals surface area contributed by atoms with Gasteiger partial charge in [-0.2, -0.15) is 0 Å².